The lowest BCUT2D eigenvalue weighted by Gasteiger charge is -2.34. The summed E-state index contributed by atoms with van der Waals surface area (Å²) in [7, 11) is 0. The van der Waals surface area contributed by atoms with Crippen molar-refractivity contribution in [3.63, 3.8) is 0 Å². The van der Waals surface area contributed by atoms with Crippen LogP contribution in [0.15, 0.2) is 61.2 Å². The topological polar surface area (TPSA) is 50.1 Å². The van der Waals surface area contributed by atoms with Crippen molar-refractivity contribution >= 4 is 5.95 Å². The molecular formula is C21H26N6. The molecule has 3 aromatic rings. The van der Waals surface area contributed by atoms with Crippen molar-refractivity contribution in [2.75, 3.05) is 37.6 Å². The van der Waals surface area contributed by atoms with Crippen LogP contribution in [0.1, 0.15) is 12.8 Å². The van der Waals surface area contributed by atoms with Crippen LogP contribution in [-0.4, -0.2) is 57.4 Å². The summed E-state index contributed by atoms with van der Waals surface area (Å²) in [5, 5.41) is 4.50. The van der Waals surface area contributed by atoms with Crippen LogP contribution in [0, 0.1) is 0 Å². The average molecular weight is 362 g/mol. The lowest BCUT2D eigenvalue weighted by atomic mass is 10.1. The van der Waals surface area contributed by atoms with Gasteiger partial charge in [0.05, 0.1) is 6.20 Å². The SMILES string of the molecule is c1ccc(-c2cnn(CCCCN3CCN(c4ncccn4)CC3)c2)cc1. The molecule has 6 nitrogen and oxygen atoms in total. The number of aryl methyl sites for hydroxylation is 1. The average Bonchev–Trinajstić information content (AvgIpc) is 3.22. The quantitative estimate of drug-likeness (QED) is 0.605. The lowest BCUT2D eigenvalue weighted by molar-refractivity contribution is 0.249. The van der Waals surface area contributed by atoms with Gasteiger partial charge in [-0.3, -0.25) is 9.58 Å². The van der Waals surface area contributed by atoms with Crippen molar-refractivity contribution in [1.29, 1.82) is 0 Å². The first-order chi connectivity index (χ1) is 13.4. The van der Waals surface area contributed by atoms with Gasteiger partial charge >= 0.3 is 0 Å². The van der Waals surface area contributed by atoms with Crippen molar-refractivity contribution < 1.29 is 0 Å². The summed E-state index contributed by atoms with van der Waals surface area (Å²) >= 11 is 0. The Kier molecular flexibility index (Phi) is 5.74. The maximum absolute atomic E-state index is 4.50. The Bertz CT molecular complexity index is 809. The molecule has 0 unspecified atom stereocenters. The van der Waals surface area contributed by atoms with Crippen LogP contribution in [0.25, 0.3) is 11.1 Å². The third-order valence-electron chi connectivity index (χ3n) is 5.06. The number of hydrogen-bond donors (Lipinski definition) is 0. The molecule has 0 N–H and O–H groups in total. The predicted octanol–water partition coefficient (Wildman–Crippen LogP) is 2.94. The molecule has 0 atom stereocenters. The van der Waals surface area contributed by atoms with Gasteiger partial charge in [0.25, 0.3) is 0 Å². The number of nitrogens with zero attached hydrogens (tertiary/aromatic N) is 6. The Labute approximate surface area is 160 Å². The van der Waals surface area contributed by atoms with Crippen LogP contribution in [0.2, 0.25) is 0 Å². The van der Waals surface area contributed by atoms with E-state index in [1.54, 1.807) is 0 Å². The smallest absolute Gasteiger partial charge is 0.225 e. The normalized spacial score (nSPS) is 15.2. The van der Waals surface area contributed by atoms with Crippen molar-refractivity contribution in [3.8, 4) is 11.1 Å². The van der Waals surface area contributed by atoms with Crippen molar-refractivity contribution in [2.45, 2.75) is 19.4 Å². The molecule has 0 aliphatic carbocycles. The van der Waals surface area contributed by atoms with Crippen LogP contribution in [0.4, 0.5) is 5.95 Å². The fourth-order valence-corrected chi connectivity index (χ4v) is 3.50. The van der Waals surface area contributed by atoms with E-state index >= 15 is 0 Å². The van der Waals surface area contributed by atoms with Crippen LogP contribution in [0.3, 0.4) is 0 Å². The predicted molar refractivity (Wildman–Crippen MR) is 108 cm³/mol. The van der Waals surface area contributed by atoms with Gasteiger partial charge in [0.15, 0.2) is 0 Å². The molecule has 1 aliphatic heterocycles. The molecule has 1 fully saturated rings. The van der Waals surface area contributed by atoms with Gasteiger partial charge < -0.3 is 4.90 Å². The third-order valence-corrected chi connectivity index (χ3v) is 5.06. The Morgan fingerprint density at radius 1 is 0.778 bits per heavy atom. The van der Waals surface area contributed by atoms with E-state index in [4.69, 9.17) is 0 Å². The van der Waals surface area contributed by atoms with Gasteiger partial charge in [-0.2, -0.15) is 5.10 Å². The number of benzene rings is 1. The van der Waals surface area contributed by atoms with Crippen LogP contribution in [0.5, 0.6) is 0 Å². The number of anilines is 1. The molecule has 2 aromatic heterocycles. The first-order valence-electron chi connectivity index (χ1n) is 9.71. The second-order valence-electron chi connectivity index (χ2n) is 6.94. The van der Waals surface area contributed by atoms with E-state index in [9.17, 15) is 0 Å². The van der Waals surface area contributed by atoms with Gasteiger partial charge in [0, 0.05) is 56.9 Å². The third kappa shape index (κ3) is 4.71. The van der Waals surface area contributed by atoms with Crippen LogP contribution < -0.4 is 4.90 Å². The summed E-state index contributed by atoms with van der Waals surface area (Å²) < 4.78 is 2.06. The number of hydrogen-bond acceptors (Lipinski definition) is 5. The zero-order valence-corrected chi connectivity index (χ0v) is 15.6. The summed E-state index contributed by atoms with van der Waals surface area (Å²) in [5.74, 6) is 0.852. The zero-order valence-electron chi connectivity index (χ0n) is 15.6. The summed E-state index contributed by atoms with van der Waals surface area (Å²) in [6.07, 6.45) is 10.1. The fraction of sp³-hybridized carbons (Fsp3) is 0.381. The van der Waals surface area contributed by atoms with Gasteiger partial charge in [0.2, 0.25) is 5.95 Å². The monoisotopic (exact) mass is 362 g/mol. The highest BCUT2D eigenvalue weighted by atomic mass is 15.3. The lowest BCUT2D eigenvalue weighted by Crippen LogP contribution is -2.47. The first kappa shape index (κ1) is 17.7. The number of piperazine rings is 1. The molecule has 0 amide bonds. The minimum absolute atomic E-state index is 0.852. The molecule has 1 aromatic carbocycles. The number of aromatic nitrogens is 4. The van der Waals surface area contributed by atoms with E-state index in [1.165, 1.54) is 17.5 Å². The highest BCUT2D eigenvalue weighted by Gasteiger charge is 2.18. The Morgan fingerprint density at radius 3 is 2.30 bits per heavy atom. The van der Waals surface area contributed by atoms with Crippen molar-refractivity contribution in [2.24, 2.45) is 0 Å². The summed E-state index contributed by atoms with van der Waals surface area (Å²) in [6.45, 7) is 6.30. The Hall–Kier alpha value is -2.73. The molecule has 0 spiro atoms. The number of unbranched alkanes of at least 4 members (excludes halogenated alkanes) is 1. The minimum atomic E-state index is 0.852. The second kappa shape index (κ2) is 8.77. The maximum Gasteiger partial charge on any atom is 0.225 e. The van der Waals surface area contributed by atoms with E-state index in [-0.39, 0.29) is 0 Å². The largest absolute Gasteiger partial charge is 0.338 e. The van der Waals surface area contributed by atoms with Crippen LogP contribution >= 0.6 is 0 Å². The molecule has 140 valence electrons. The van der Waals surface area contributed by atoms with Crippen LogP contribution in [-0.2, 0) is 6.54 Å². The molecule has 0 saturated carbocycles. The first-order valence-corrected chi connectivity index (χ1v) is 9.71. The molecular weight excluding hydrogens is 336 g/mol. The van der Waals surface area contributed by atoms with Crippen molar-refractivity contribution in [1.82, 2.24) is 24.6 Å². The second-order valence-corrected chi connectivity index (χ2v) is 6.94. The van der Waals surface area contributed by atoms with E-state index in [0.29, 0.717) is 0 Å². The highest BCUT2D eigenvalue weighted by molar-refractivity contribution is 5.61. The standard InChI is InChI=1S/C21H26N6/c1-2-7-19(8-3-1)20-17-24-27(18-20)12-5-4-11-25-13-15-26(16-14-25)21-22-9-6-10-23-21/h1-3,6-10,17-18H,4-5,11-16H2. The molecule has 1 saturated heterocycles. The minimum Gasteiger partial charge on any atom is -0.338 e. The van der Waals surface area contributed by atoms with E-state index < -0.39 is 0 Å². The van der Waals surface area contributed by atoms with E-state index in [1.807, 2.05) is 30.7 Å². The van der Waals surface area contributed by atoms with Gasteiger partial charge in [-0.1, -0.05) is 30.3 Å². The molecule has 4 rings (SSSR count). The van der Waals surface area contributed by atoms with Crippen molar-refractivity contribution in [3.05, 3.63) is 61.2 Å². The molecule has 1 aliphatic rings. The number of rotatable bonds is 7. The molecule has 27 heavy (non-hydrogen) atoms. The van der Waals surface area contributed by atoms with Gasteiger partial charge in [-0.05, 0) is 31.0 Å². The van der Waals surface area contributed by atoms with E-state index in [0.717, 1.165) is 51.6 Å². The van der Waals surface area contributed by atoms with Gasteiger partial charge in [0.1, 0.15) is 0 Å². The van der Waals surface area contributed by atoms with Gasteiger partial charge in [-0.25, -0.2) is 9.97 Å². The molecule has 0 radical (unpaired) electrons. The molecule has 3 heterocycles. The summed E-state index contributed by atoms with van der Waals surface area (Å²) in [6, 6.07) is 12.3. The van der Waals surface area contributed by atoms with E-state index in [2.05, 4.69) is 60.0 Å². The Morgan fingerprint density at radius 2 is 1.52 bits per heavy atom. The Balaban J connectivity index is 1.17. The molecule has 0 bridgehead atoms. The summed E-state index contributed by atoms with van der Waals surface area (Å²) in [5.41, 5.74) is 2.42. The molecule has 6 heteroatoms. The maximum atomic E-state index is 4.50. The zero-order chi connectivity index (χ0) is 18.3. The van der Waals surface area contributed by atoms with Gasteiger partial charge in [-0.15, -0.1) is 0 Å². The summed E-state index contributed by atoms with van der Waals surface area (Å²) in [4.78, 5) is 13.5. The highest BCUT2D eigenvalue weighted by Crippen LogP contribution is 2.17. The fourth-order valence-electron chi connectivity index (χ4n) is 3.50.